The van der Waals surface area contributed by atoms with Crippen LogP contribution in [0.2, 0.25) is 10.0 Å². The van der Waals surface area contributed by atoms with E-state index in [1.807, 2.05) is 0 Å². The number of carbonyl (C=O) groups excluding carboxylic acids is 1. The molecule has 0 saturated heterocycles. The number of hydrogen-bond donors (Lipinski definition) is 1. The summed E-state index contributed by atoms with van der Waals surface area (Å²) >= 11 is 11.8. The first-order chi connectivity index (χ1) is 10.1. The van der Waals surface area contributed by atoms with E-state index in [0.717, 1.165) is 0 Å². The summed E-state index contributed by atoms with van der Waals surface area (Å²) < 4.78 is 10.0. The minimum absolute atomic E-state index is 0.0271. The van der Waals surface area contributed by atoms with Gasteiger partial charge in [-0.15, -0.1) is 5.10 Å². The van der Waals surface area contributed by atoms with Crippen molar-refractivity contribution >= 4 is 35.1 Å². The molecular weight excluding hydrogens is 319 g/mol. The molecule has 9 heteroatoms. The molecule has 0 aliphatic carbocycles. The fourth-order valence-corrected chi connectivity index (χ4v) is 2.03. The van der Waals surface area contributed by atoms with Gasteiger partial charge in [-0.05, 0) is 18.2 Å². The van der Waals surface area contributed by atoms with Crippen LogP contribution >= 0.6 is 23.2 Å². The topological polar surface area (TPSA) is 94.1 Å². The van der Waals surface area contributed by atoms with Gasteiger partial charge in [0.2, 0.25) is 5.76 Å². The van der Waals surface area contributed by atoms with Crippen molar-refractivity contribution in [1.29, 1.82) is 0 Å². The molecule has 106 valence electrons. The molecule has 3 aromatic rings. The molecule has 7 nitrogen and oxygen atoms in total. The molecule has 1 N–H and O–H groups in total. The molecule has 0 unspecified atom stereocenters. The number of nitrogens with zero attached hydrogens (tertiary/aromatic N) is 3. The standard InChI is InChI=1S/C12H6Cl2N4O3/c13-6-1-2-7(8(14)5-6)11-17-18-12(20-11)16-10(19)9-3-4-15-21-9/h1-5H,(H,16,18,19). The van der Waals surface area contributed by atoms with Gasteiger partial charge in [0.25, 0.3) is 11.8 Å². The normalized spacial score (nSPS) is 10.6. The molecule has 0 aliphatic heterocycles. The van der Waals surface area contributed by atoms with Crippen LogP contribution in [0, 0.1) is 0 Å². The van der Waals surface area contributed by atoms with Crippen LogP contribution < -0.4 is 5.32 Å². The largest absolute Gasteiger partial charge is 0.403 e. The number of amides is 1. The molecule has 0 spiro atoms. The zero-order valence-electron chi connectivity index (χ0n) is 10.2. The zero-order chi connectivity index (χ0) is 14.8. The highest BCUT2D eigenvalue weighted by atomic mass is 35.5. The van der Waals surface area contributed by atoms with Crippen LogP contribution in [0.3, 0.4) is 0 Å². The minimum atomic E-state index is -0.551. The number of benzene rings is 1. The number of anilines is 1. The number of nitrogens with one attached hydrogen (secondary N) is 1. The number of aromatic nitrogens is 3. The van der Waals surface area contributed by atoms with Gasteiger partial charge in [-0.1, -0.05) is 33.5 Å². The average Bonchev–Trinajstić information content (AvgIpc) is 3.09. The highest BCUT2D eigenvalue weighted by Crippen LogP contribution is 2.30. The maximum Gasteiger partial charge on any atom is 0.322 e. The smallest absolute Gasteiger partial charge is 0.322 e. The van der Waals surface area contributed by atoms with Crippen molar-refractivity contribution in [3.8, 4) is 11.5 Å². The summed E-state index contributed by atoms with van der Waals surface area (Å²) in [7, 11) is 0. The molecule has 0 bridgehead atoms. The Balaban J connectivity index is 1.82. The lowest BCUT2D eigenvalue weighted by Gasteiger charge is -1.99. The second kappa shape index (κ2) is 5.55. The first-order valence-corrected chi connectivity index (χ1v) is 6.40. The second-order valence-electron chi connectivity index (χ2n) is 3.87. The summed E-state index contributed by atoms with van der Waals surface area (Å²) in [6.45, 7) is 0. The van der Waals surface area contributed by atoms with Crippen LogP contribution in [0.1, 0.15) is 10.6 Å². The summed E-state index contributed by atoms with van der Waals surface area (Å²) in [5.41, 5.74) is 0.508. The van der Waals surface area contributed by atoms with E-state index in [1.165, 1.54) is 12.3 Å². The third-order valence-corrected chi connectivity index (χ3v) is 3.02. The van der Waals surface area contributed by atoms with Crippen molar-refractivity contribution in [2.45, 2.75) is 0 Å². The molecule has 2 heterocycles. The van der Waals surface area contributed by atoms with Crippen LogP contribution in [-0.2, 0) is 0 Å². The Bertz CT molecular complexity index is 786. The maximum absolute atomic E-state index is 11.7. The van der Waals surface area contributed by atoms with E-state index in [0.29, 0.717) is 15.6 Å². The lowest BCUT2D eigenvalue weighted by Crippen LogP contribution is -2.11. The molecule has 1 aromatic carbocycles. The predicted molar refractivity (Wildman–Crippen MR) is 74.2 cm³/mol. The molecule has 2 aromatic heterocycles. The average molecular weight is 325 g/mol. The van der Waals surface area contributed by atoms with Crippen LogP contribution in [0.5, 0.6) is 0 Å². The Morgan fingerprint density at radius 3 is 2.76 bits per heavy atom. The molecule has 0 saturated carbocycles. The predicted octanol–water partition coefficient (Wildman–Crippen LogP) is 3.28. The quantitative estimate of drug-likeness (QED) is 0.794. The monoisotopic (exact) mass is 324 g/mol. The van der Waals surface area contributed by atoms with Gasteiger partial charge in [0.05, 0.1) is 16.8 Å². The molecule has 0 aliphatic rings. The number of rotatable bonds is 3. The van der Waals surface area contributed by atoms with E-state index in [-0.39, 0.29) is 17.7 Å². The summed E-state index contributed by atoms with van der Waals surface area (Å²) in [6, 6.07) is 6.15. The van der Waals surface area contributed by atoms with Gasteiger partial charge in [-0.3, -0.25) is 10.1 Å². The van der Waals surface area contributed by atoms with Crippen molar-refractivity contribution in [2.75, 3.05) is 5.32 Å². The number of carbonyl (C=O) groups is 1. The lowest BCUT2D eigenvalue weighted by atomic mass is 10.2. The third kappa shape index (κ3) is 2.88. The molecule has 0 radical (unpaired) electrons. The Kier molecular flexibility index (Phi) is 3.59. The molecule has 0 fully saturated rings. The van der Waals surface area contributed by atoms with Gasteiger partial charge in [-0.25, -0.2) is 0 Å². The molecular formula is C12H6Cl2N4O3. The fraction of sp³-hybridized carbons (Fsp3) is 0. The van der Waals surface area contributed by atoms with Crippen molar-refractivity contribution in [1.82, 2.24) is 15.4 Å². The van der Waals surface area contributed by atoms with Crippen molar-refractivity contribution in [3.63, 3.8) is 0 Å². The number of hydrogen-bond acceptors (Lipinski definition) is 6. The van der Waals surface area contributed by atoms with Gasteiger partial charge in [0.1, 0.15) is 0 Å². The summed E-state index contributed by atoms with van der Waals surface area (Å²) in [5, 5.41) is 14.2. The van der Waals surface area contributed by atoms with Gasteiger partial charge < -0.3 is 8.94 Å². The highest BCUT2D eigenvalue weighted by molar-refractivity contribution is 6.36. The molecule has 21 heavy (non-hydrogen) atoms. The van der Waals surface area contributed by atoms with Crippen LogP contribution in [0.25, 0.3) is 11.5 Å². The third-order valence-electron chi connectivity index (χ3n) is 2.47. The fourth-order valence-electron chi connectivity index (χ4n) is 1.54. The summed E-state index contributed by atoms with van der Waals surface area (Å²) in [5.74, 6) is -0.367. The van der Waals surface area contributed by atoms with E-state index >= 15 is 0 Å². The van der Waals surface area contributed by atoms with E-state index in [4.69, 9.17) is 32.1 Å². The molecule has 0 atom stereocenters. The second-order valence-corrected chi connectivity index (χ2v) is 4.71. The Morgan fingerprint density at radius 1 is 1.19 bits per heavy atom. The van der Waals surface area contributed by atoms with Crippen molar-refractivity contribution in [3.05, 3.63) is 46.3 Å². The van der Waals surface area contributed by atoms with Crippen molar-refractivity contribution in [2.24, 2.45) is 0 Å². The summed E-state index contributed by atoms with van der Waals surface area (Å²) in [4.78, 5) is 11.7. The Morgan fingerprint density at radius 2 is 2.05 bits per heavy atom. The van der Waals surface area contributed by atoms with E-state index in [1.54, 1.807) is 18.2 Å². The first-order valence-electron chi connectivity index (χ1n) is 5.64. The van der Waals surface area contributed by atoms with E-state index in [9.17, 15) is 4.79 Å². The zero-order valence-corrected chi connectivity index (χ0v) is 11.7. The van der Waals surface area contributed by atoms with Crippen molar-refractivity contribution < 1.29 is 13.7 Å². The minimum Gasteiger partial charge on any atom is -0.403 e. The van der Waals surface area contributed by atoms with Crippen LogP contribution in [0.4, 0.5) is 6.01 Å². The molecule has 1 amide bonds. The Hall–Kier alpha value is -2.38. The lowest BCUT2D eigenvalue weighted by molar-refractivity contribution is 0.0985. The maximum atomic E-state index is 11.7. The summed E-state index contributed by atoms with van der Waals surface area (Å²) in [6.07, 6.45) is 1.35. The van der Waals surface area contributed by atoms with Gasteiger partial charge in [0.15, 0.2) is 0 Å². The first kappa shape index (κ1) is 13.6. The molecule has 3 rings (SSSR count). The highest BCUT2D eigenvalue weighted by Gasteiger charge is 2.16. The van der Waals surface area contributed by atoms with Gasteiger partial charge in [-0.2, -0.15) is 0 Å². The number of halogens is 2. The SMILES string of the molecule is O=C(Nc1nnc(-c2ccc(Cl)cc2Cl)o1)c1ccno1. The van der Waals surface area contributed by atoms with Gasteiger partial charge in [0, 0.05) is 11.1 Å². The van der Waals surface area contributed by atoms with Crippen LogP contribution in [0.15, 0.2) is 39.4 Å². The Labute approximate surface area is 127 Å². The van der Waals surface area contributed by atoms with E-state index < -0.39 is 5.91 Å². The van der Waals surface area contributed by atoms with Gasteiger partial charge >= 0.3 is 6.01 Å². The van der Waals surface area contributed by atoms with Crippen LogP contribution in [-0.4, -0.2) is 21.3 Å². The van der Waals surface area contributed by atoms with E-state index in [2.05, 4.69) is 20.7 Å².